The third-order valence-corrected chi connectivity index (χ3v) is 8.16. The van der Waals surface area contributed by atoms with Crippen LogP contribution in [0.15, 0.2) is 70.6 Å². The lowest BCUT2D eigenvalue weighted by Crippen LogP contribution is -2.17. The van der Waals surface area contributed by atoms with Crippen molar-refractivity contribution in [1.29, 1.82) is 0 Å². The van der Waals surface area contributed by atoms with Crippen LogP contribution >= 0.6 is 0 Å². The molecule has 44 heavy (non-hydrogen) atoms. The second kappa shape index (κ2) is 11.5. The van der Waals surface area contributed by atoms with E-state index >= 15 is 0 Å². The average molecular weight is 591 g/mol. The monoisotopic (exact) mass is 590 g/mol. The largest absolute Gasteiger partial charge is 0.507 e. The number of aromatic hydroxyl groups is 2. The first-order chi connectivity index (χ1) is 20.2. The number of rotatable bonds is 4. The molecule has 0 saturated carbocycles. The first-order valence-electron chi connectivity index (χ1n) is 15.5. The van der Waals surface area contributed by atoms with E-state index in [4.69, 9.17) is 9.98 Å². The molecular weight excluding hydrogens is 540 g/mol. The SMILES string of the molecule is CC(C)(C)c1cc(C=Nc2cc3ccccc3cc2N=Cc2cc(C(C)(C)C)cc(C(C)(C)C)c2O)c(O)c(C(C)(C)C)c1. The van der Waals surface area contributed by atoms with Crippen molar-refractivity contribution >= 4 is 34.6 Å². The number of phenols is 2. The van der Waals surface area contributed by atoms with Gasteiger partial charge in [-0.05, 0) is 67.8 Å². The fourth-order valence-corrected chi connectivity index (χ4v) is 5.22. The summed E-state index contributed by atoms with van der Waals surface area (Å²) in [6.07, 6.45) is 3.50. The lowest BCUT2D eigenvalue weighted by atomic mass is 9.79. The van der Waals surface area contributed by atoms with Crippen LogP contribution in [-0.4, -0.2) is 22.6 Å². The number of nitrogens with zero attached hydrogens (tertiary/aromatic N) is 2. The minimum Gasteiger partial charge on any atom is -0.507 e. The molecule has 0 spiro atoms. The molecule has 0 unspecified atom stereocenters. The van der Waals surface area contributed by atoms with Gasteiger partial charge < -0.3 is 10.2 Å². The molecule has 0 fully saturated rings. The number of hydrogen-bond donors (Lipinski definition) is 2. The van der Waals surface area contributed by atoms with Crippen LogP contribution < -0.4 is 0 Å². The molecule has 0 bridgehead atoms. The van der Waals surface area contributed by atoms with E-state index in [0.29, 0.717) is 22.5 Å². The Morgan fingerprint density at radius 2 is 0.818 bits per heavy atom. The summed E-state index contributed by atoms with van der Waals surface area (Å²) in [5.41, 5.74) is 6.13. The van der Waals surface area contributed by atoms with E-state index in [0.717, 1.165) is 33.0 Å². The van der Waals surface area contributed by atoms with Crippen molar-refractivity contribution in [3.8, 4) is 11.5 Å². The first kappa shape index (κ1) is 33.0. The topological polar surface area (TPSA) is 65.2 Å². The maximum Gasteiger partial charge on any atom is 0.128 e. The quantitative estimate of drug-likeness (QED) is 0.232. The molecule has 232 valence electrons. The van der Waals surface area contributed by atoms with Crippen LogP contribution in [0, 0.1) is 0 Å². The molecule has 0 aliphatic heterocycles. The first-order valence-corrected chi connectivity index (χ1v) is 15.5. The van der Waals surface area contributed by atoms with E-state index in [-0.39, 0.29) is 33.2 Å². The molecule has 0 aromatic heterocycles. The van der Waals surface area contributed by atoms with E-state index < -0.39 is 0 Å². The Bertz CT molecular complexity index is 1620. The van der Waals surface area contributed by atoms with Gasteiger partial charge >= 0.3 is 0 Å². The van der Waals surface area contributed by atoms with Gasteiger partial charge in [0.2, 0.25) is 0 Å². The number of fused-ring (bicyclic) bond motifs is 1. The summed E-state index contributed by atoms with van der Waals surface area (Å²) in [6, 6.07) is 20.5. The van der Waals surface area contributed by atoms with Crippen LogP contribution in [0.4, 0.5) is 11.4 Å². The summed E-state index contributed by atoms with van der Waals surface area (Å²) >= 11 is 0. The number of aliphatic imine (C=N–C) groups is 2. The van der Waals surface area contributed by atoms with Crippen molar-refractivity contribution in [2.24, 2.45) is 9.98 Å². The highest BCUT2D eigenvalue weighted by Crippen LogP contribution is 2.40. The Balaban J connectivity index is 1.90. The predicted octanol–water partition coefficient (Wildman–Crippen LogP) is 10.9. The maximum absolute atomic E-state index is 11.4. The smallest absolute Gasteiger partial charge is 0.128 e. The number of benzene rings is 4. The van der Waals surface area contributed by atoms with Crippen LogP contribution in [0.1, 0.15) is 116 Å². The van der Waals surface area contributed by atoms with Gasteiger partial charge in [0.05, 0.1) is 11.4 Å². The molecule has 0 atom stereocenters. The molecule has 0 aliphatic rings. The summed E-state index contributed by atoms with van der Waals surface area (Å²) < 4.78 is 0. The van der Waals surface area contributed by atoms with Gasteiger partial charge in [-0.25, -0.2) is 0 Å². The molecule has 4 heteroatoms. The van der Waals surface area contributed by atoms with Crippen LogP contribution in [0.2, 0.25) is 0 Å². The summed E-state index contributed by atoms with van der Waals surface area (Å²) in [6.45, 7) is 25.7. The van der Waals surface area contributed by atoms with Gasteiger partial charge in [0.25, 0.3) is 0 Å². The van der Waals surface area contributed by atoms with Crippen molar-refractivity contribution in [3.63, 3.8) is 0 Å². The molecule has 2 N–H and O–H groups in total. The standard InChI is InChI=1S/C40H50N2O2/c1-37(2,3)29-17-27(35(43)31(21-29)39(7,8)9)23-41-33-19-25-15-13-14-16-26(25)20-34(33)42-24-28-18-30(38(4,5)6)22-32(36(28)44)40(10,11)12/h13-24,43-44H,1-12H3. The van der Waals surface area contributed by atoms with E-state index in [1.165, 1.54) is 0 Å². The predicted molar refractivity (Wildman–Crippen MR) is 189 cm³/mol. The van der Waals surface area contributed by atoms with Crippen LogP contribution in [0.3, 0.4) is 0 Å². The van der Waals surface area contributed by atoms with Crippen LogP contribution in [0.5, 0.6) is 11.5 Å². The fourth-order valence-electron chi connectivity index (χ4n) is 5.22. The molecule has 4 rings (SSSR count). The second-order valence-electron chi connectivity index (χ2n) is 16.1. The molecule has 4 aromatic carbocycles. The normalized spacial score (nSPS) is 13.5. The summed E-state index contributed by atoms with van der Waals surface area (Å²) in [5, 5.41) is 24.8. The van der Waals surface area contributed by atoms with Crippen molar-refractivity contribution in [2.45, 2.75) is 105 Å². The van der Waals surface area contributed by atoms with Crippen molar-refractivity contribution in [1.82, 2.24) is 0 Å². The van der Waals surface area contributed by atoms with E-state index in [1.54, 1.807) is 12.4 Å². The van der Waals surface area contributed by atoms with Gasteiger partial charge in [-0.15, -0.1) is 0 Å². The highest BCUT2D eigenvalue weighted by atomic mass is 16.3. The molecule has 0 heterocycles. The summed E-state index contributed by atoms with van der Waals surface area (Å²) in [5.74, 6) is 0.498. The zero-order valence-electron chi connectivity index (χ0n) is 28.7. The number of hydrogen-bond acceptors (Lipinski definition) is 4. The lowest BCUT2D eigenvalue weighted by Gasteiger charge is -2.27. The zero-order chi connectivity index (χ0) is 32.8. The lowest BCUT2D eigenvalue weighted by molar-refractivity contribution is 0.443. The highest BCUT2D eigenvalue weighted by molar-refractivity contribution is 5.96. The Labute approximate surface area is 264 Å². The molecule has 0 aliphatic carbocycles. The van der Waals surface area contributed by atoms with Gasteiger partial charge in [-0.1, -0.05) is 119 Å². The third kappa shape index (κ3) is 7.23. The van der Waals surface area contributed by atoms with E-state index in [2.05, 4.69) is 107 Å². The van der Waals surface area contributed by atoms with Gasteiger partial charge in [-0.2, -0.15) is 0 Å². The van der Waals surface area contributed by atoms with E-state index in [9.17, 15) is 10.2 Å². The van der Waals surface area contributed by atoms with Crippen LogP contribution in [0.25, 0.3) is 10.8 Å². The summed E-state index contributed by atoms with van der Waals surface area (Å²) in [4.78, 5) is 9.84. The van der Waals surface area contributed by atoms with Crippen molar-refractivity contribution in [3.05, 3.63) is 94.0 Å². The highest BCUT2D eigenvalue weighted by Gasteiger charge is 2.26. The molecule has 0 amide bonds. The fraction of sp³-hybridized carbons (Fsp3) is 0.400. The Morgan fingerprint density at radius 3 is 1.11 bits per heavy atom. The number of phenolic OH excluding ortho intramolecular Hbond substituents is 2. The molecule has 0 radical (unpaired) electrons. The van der Waals surface area contributed by atoms with Gasteiger partial charge in [0.1, 0.15) is 11.5 Å². The van der Waals surface area contributed by atoms with Gasteiger partial charge in [-0.3, -0.25) is 9.98 Å². The van der Waals surface area contributed by atoms with Crippen LogP contribution in [-0.2, 0) is 21.7 Å². The second-order valence-corrected chi connectivity index (χ2v) is 16.1. The molecule has 4 aromatic rings. The molecular formula is C40H50N2O2. The molecule has 4 nitrogen and oxygen atoms in total. The minimum atomic E-state index is -0.234. The van der Waals surface area contributed by atoms with Gasteiger partial charge in [0, 0.05) is 34.7 Å². The van der Waals surface area contributed by atoms with Crippen molar-refractivity contribution < 1.29 is 10.2 Å². The third-order valence-electron chi connectivity index (χ3n) is 8.16. The average Bonchev–Trinajstić information content (AvgIpc) is 2.89. The Kier molecular flexibility index (Phi) is 8.65. The van der Waals surface area contributed by atoms with Crippen molar-refractivity contribution in [2.75, 3.05) is 0 Å². The van der Waals surface area contributed by atoms with E-state index in [1.807, 2.05) is 36.4 Å². The maximum atomic E-state index is 11.4. The Hall–Kier alpha value is -3.92. The Morgan fingerprint density at radius 1 is 0.477 bits per heavy atom. The summed E-state index contributed by atoms with van der Waals surface area (Å²) in [7, 11) is 0. The van der Waals surface area contributed by atoms with Gasteiger partial charge in [0.15, 0.2) is 0 Å². The molecule has 0 saturated heterocycles. The minimum absolute atomic E-state index is 0.0931. The zero-order valence-corrected chi connectivity index (χ0v) is 28.7.